The highest BCUT2D eigenvalue weighted by Gasteiger charge is 2.32. The summed E-state index contributed by atoms with van der Waals surface area (Å²) in [6.45, 7) is -0.168. The first-order chi connectivity index (χ1) is 15.7. The Balaban J connectivity index is 1.56. The number of aromatic amines is 1. The van der Waals surface area contributed by atoms with Gasteiger partial charge in [0.1, 0.15) is 29.6 Å². The molecule has 3 aromatic heterocycles. The lowest BCUT2D eigenvalue weighted by Crippen LogP contribution is -2.10. The topological polar surface area (TPSA) is 72.9 Å². The molecule has 0 bridgehead atoms. The van der Waals surface area contributed by atoms with Crippen molar-refractivity contribution >= 4 is 11.6 Å². The Morgan fingerprint density at radius 3 is 2.58 bits per heavy atom. The van der Waals surface area contributed by atoms with Gasteiger partial charge in [-0.05, 0) is 36.4 Å². The molecule has 1 aromatic carbocycles. The zero-order chi connectivity index (χ0) is 23.6. The van der Waals surface area contributed by atoms with E-state index in [0.29, 0.717) is 34.1 Å². The molecule has 0 unspecified atom stereocenters. The number of imidazole rings is 1. The van der Waals surface area contributed by atoms with Gasteiger partial charge in [0.25, 0.3) is 0 Å². The highest BCUT2D eigenvalue weighted by atomic mass is 35.5. The van der Waals surface area contributed by atoms with E-state index < -0.39 is 17.8 Å². The minimum Gasteiger partial charge on any atom is -0.496 e. The lowest BCUT2D eigenvalue weighted by Gasteiger charge is -2.12. The van der Waals surface area contributed by atoms with E-state index >= 15 is 0 Å². The van der Waals surface area contributed by atoms with E-state index in [-0.39, 0.29) is 17.5 Å². The molecule has 0 amide bonds. The second-order valence-corrected chi connectivity index (χ2v) is 7.14. The Morgan fingerprint density at radius 1 is 1.06 bits per heavy atom. The number of nitrogens with one attached hydrogen (secondary N) is 1. The molecule has 0 aliphatic heterocycles. The van der Waals surface area contributed by atoms with Crippen LogP contribution in [0, 0.1) is 5.95 Å². The van der Waals surface area contributed by atoms with Gasteiger partial charge in [-0.2, -0.15) is 17.6 Å². The number of aromatic nitrogens is 4. The third-order valence-corrected chi connectivity index (χ3v) is 4.86. The van der Waals surface area contributed by atoms with Gasteiger partial charge >= 0.3 is 6.18 Å². The minimum absolute atomic E-state index is 0.127. The second-order valence-electron chi connectivity index (χ2n) is 6.78. The van der Waals surface area contributed by atoms with E-state index in [9.17, 15) is 17.6 Å². The van der Waals surface area contributed by atoms with Crippen molar-refractivity contribution in [3.8, 4) is 34.1 Å². The summed E-state index contributed by atoms with van der Waals surface area (Å²) in [7, 11) is 1.45. The average Bonchev–Trinajstić information content (AvgIpc) is 3.19. The highest BCUT2D eigenvalue weighted by molar-refractivity contribution is 6.32. The van der Waals surface area contributed by atoms with Crippen LogP contribution in [0.5, 0.6) is 11.5 Å². The Bertz CT molecular complexity index is 1280. The molecule has 4 rings (SSSR count). The van der Waals surface area contributed by atoms with Crippen LogP contribution in [0.3, 0.4) is 0 Å². The van der Waals surface area contributed by atoms with E-state index in [1.54, 1.807) is 18.2 Å². The highest BCUT2D eigenvalue weighted by Crippen LogP contribution is 2.37. The fraction of sp³-hybridized carbons (Fsp3) is 0.136. The zero-order valence-corrected chi connectivity index (χ0v) is 17.7. The zero-order valence-electron chi connectivity index (χ0n) is 17.0. The van der Waals surface area contributed by atoms with Gasteiger partial charge in [0, 0.05) is 23.4 Å². The van der Waals surface area contributed by atoms with Crippen LogP contribution in [0.1, 0.15) is 11.4 Å². The van der Waals surface area contributed by atoms with E-state index in [1.807, 2.05) is 0 Å². The summed E-state index contributed by atoms with van der Waals surface area (Å²) in [4.78, 5) is 14.5. The molecule has 6 nitrogen and oxygen atoms in total. The number of hydrogen-bond donors (Lipinski definition) is 1. The lowest BCUT2D eigenvalue weighted by molar-refractivity contribution is -0.141. The first-order valence-electron chi connectivity index (χ1n) is 9.46. The first kappa shape index (κ1) is 22.5. The number of methoxy groups -OCH3 is 1. The third kappa shape index (κ3) is 5.06. The number of nitrogens with zero attached hydrogens (tertiary/aromatic N) is 3. The summed E-state index contributed by atoms with van der Waals surface area (Å²) in [6.07, 6.45) is -3.21. The van der Waals surface area contributed by atoms with Crippen molar-refractivity contribution < 1.29 is 27.0 Å². The molecule has 0 aliphatic rings. The Labute approximate surface area is 190 Å². The summed E-state index contributed by atoms with van der Waals surface area (Å²) in [5.41, 5.74) is 0.705. The molecule has 4 aromatic rings. The van der Waals surface area contributed by atoms with Crippen molar-refractivity contribution in [3.63, 3.8) is 0 Å². The maximum absolute atomic E-state index is 13.1. The second kappa shape index (κ2) is 9.07. The molecule has 3 heterocycles. The van der Waals surface area contributed by atoms with Crippen LogP contribution in [0.15, 0.2) is 54.7 Å². The van der Waals surface area contributed by atoms with Crippen molar-refractivity contribution in [1.29, 1.82) is 0 Å². The summed E-state index contributed by atoms with van der Waals surface area (Å²) < 4.78 is 62.6. The smallest absolute Gasteiger partial charge is 0.433 e. The fourth-order valence-electron chi connectivity index (χ4n) is 3.03. The molecular weight excluding hydrogens is 464 g/mol. The number of rotatable bonds is 6. The van der Waals surface area contributed by atoms with Crippen LogP contribution >= 0.6 is 11.6 Å². The summed E-state index contributed by atoms with van der Waals surface area (Å²) in [5.74, 6) is 0.516. The largest absolute Gasteiger partial charge is 0.496 e. The number of alkyl halides is 3. The molecule has 0 saturated carbocycles. The fourth-order valence-corrected chi connectivity index (χ4v) is 3.26. The van der Waals surface area contributed by atoms with Crippen LogP contribution in [0.4, 0.5) is 17.6 Å². The molecular formula is C22H15ClF4N4O2. The maximum Gasteiger partial charge on any atom is 0.433 e. The monoisotopic (exact) mass is 478 g/mol. The lowest BCUT2D eigenvalue weighted by atomic mass is 10.1. The van der Waals surface area contributed by atoms with Crippen molar-refractivity contribution in [2.75, 3.05) is 7.11 Å². The number of hydrogen-bond acceptors (Lipinski definition) is 5. The summed E-state index contributed by atoms with van der Waals surface area (Å²) in [5, 5.41) is 0.162. The number of H-pyrrole nitrogens is 1. The van der Waals surface area contributed by atoms with Crippen molar-refractivity contribution in [3.05, 3.63) is 77.2 Å². The first-order valence-corrected chi connectivity index (χ1v) is 9.84. The maximum atomic E-state index is 13.1. The minimum atomic E-state index is -4.53. The molecule has 170 valence electrons. The van der Waals surface area contributed by atoms with Crippen LogP contribution in [-0.4, -0.2) is 27.0 Å². The van der Waals surface area contributed by atoms with Crippen LogP contribution in [0.2, 0.25) is 5.15 Å². The van der Waals surface area contributed by atoms with E-state index in [2.05, 4.69) is 19.9 Å². The predicted molar refractivity (Wildman–Crippen MR) is 112 cm³/mol. The third-order valence-electron chi connectivity index (χ3n) is 4.59. The molecule has 1 N–H and O–H groups in total. The number of pyridine rings is 2. The number of ether oxygens (including phenoxy) is 2. The summed E-state index contributed by atoms with van der Waals surface area (Å²) in [6, 6.07) is 11.2. The van der Waals surface area contributed by atoms with E-state index in [0.717, 1.165) is 6.07 Å². The standard InChI is InChI=1S/C22H15ClF4N4O2/c1-32-16-9-14(33-11-13-3-2-4-17(29-13)22(25,26)27)6-7-15(16)19-20(23)31-21(30-19)12-5-8-18(24)28-10-12/h2-10H,11H2,1H3,(H,30,31). The van der Waals surface area contributed by atoms with E-state index in [4.69, 9.17) is 21.1 Å². The molecule has 0 saturated heterocycles. The van der Waals surface area contributed by atoms with E-state index in [1.165, 1.54) is 37.6 Å². The Morgan fingerprint density at radius 2 is 1.88 bits per heavy atom. The average molecular weight is 479 g/mol. The molecule has 33 heavy (non-hydrogen) atoms. The van der Waals surface area contributed by atoms with Crippen molar-refractivity contribution in [2.45, 2.75) is 12.8 Å². The molecule has 0 atom stereocenters. The SMILES string of the molecule is COc1cc(OCc2cccc(C(F)(F)F)n2)ccc1-c1[nH]c(-c2ccc(F)nc2)nc1Cl. The van der Waals surface area contributed by atoms with Gasteiger partial charge in [-0.1, -0.05) is 17.7 Å². The van der Waals surface area contributed by atoms with Gasteiger partial charge < -0.3 is 14.5 Å². The molecule has 0 spiro atoms. The van der Waals surface area contributed by atoms with Crippen LogP contribution in [-0.2, 0) is 12.8 Å². The van der Waals surface area contributed by atoms with Crippen LogP contribution in [0.25, 0.3) is 22.6 Å². The van der Waals surface area contributed by atoms with Gasteiger partial charge in [-0.25, -0.2) is 15.0 Å². The normalized spacial score (nSPS) is 11.5. The Kier molecular flexibility index (Phi) is 6.19. The van der Waals surface area contributed by atoms with Gasteiger partial charge in [0.05, 0.1) is 18.5 Å². The van der Waals surface area contributed by atoms with Gasteiger partial charge in [0.2, 0.25) is 5.95 Å². The summed E-state index contributed by atoms with van der Waals surface area (Å²) >= 11 is 6.30. The molecule has 0 fully saturated rings. The Hall–Kier alpha value is -3.66. The molecule has 11 heteroatoms. The van der Waals surface area contributed by atoms with Crippen LogP contribution < -0.4 is 9.47 Å². The van der Waals surface area contributed by atoms with Gasteiger partial charge in [-0.3, -0.25) is 0 Å². The molecule has 0 radical (unpaired) electrons. The van der Waals surface area contributed by atoms with Crippen molar-refractivity contribution in [1.82, 2.24) is 19.9 Å². The van der Waals surface area contributed by atoms with Gasteiger partial charge in [0.15, 0.2) is 5.15 Å². The molecule has 0 aliphatic carbocycles. The predicted octanol–water partition coefficient (Wildman–Crippen LogP) is 5.93. The van der Waals surface area contributed by atoms with Crippen molar-refractivity contribution in [2.24, 2.45) is 0 Å². The number of benzene rings is 1. The number of halogens is 5. The van der Waals surface area contributed by atoms with Gasteiger partial charge in [-0.15, -0.1) is 0 Å². The quantitative estimate of drug-likeness (QED) is 0.274.